The molecule has 1 aromatic carbocycles. The zero-order valence-corrected chi connectivity index (χ0v) is 15.4. The average Bonchev–Trinajstić information content (AvgIpc) is 2.63. The second-order valence-corrected chi connectivity index (χ2v) is 7.04. The molecule has 0 N–H and O–H groups in total. The highest BCUT2D eigenvalue weighted by Gasteiger charge is 2.29. The zero-order valence-electron chi connectivity index (χ0n) is 15.4. The van der Waals surface area contributed by atoms with Crippen molar-refractivity contribution in [3.63, 3.8) is 0 Å². The molecule has 0 aliphatic carbocycles. The zero-order chi connectivity index (χ0) is 18.0. The fourth-order valence-corrected chi connectivity index (χ4v) is 3.55. The van der Waals surface area contributed by atoms with Gasteiger partial charge in [-0.1, -0.05) is 6.92 Å². The lowest BCUT2D eigenvalue weighted by Crippen LogP contribution is -2.50. The Bertz CT molecular complexity index is 617. The molecule has 2 saturated heterocycles. The van der Waals surface area contributed by atoms with E-state index in [1.165, 1.54) is 6.07 Å². The summed E-state index contributed by atoms with van der Waals surface area (Å²) in [5.41, 5.74) is 1.00. The third-order valence-corrected chi connectivity index (χ3v) is 5.22. The first-order chi connectivity index (χ1) is 12.0. The van der Waals surface area contributed by atoms with Crippen LogP contribution in [0.15, 0.2) is 18.2 Å². The summed E-state index contributed by atoms with van der Waals surface area (Å²) < 4.78 is 20.2. The number of hydrogen-bond acceptors (Lipinski definition) is 4. The van der Waals surface area contributed by atoms with Crippen molar-refractivity contribution in [1.29, 1.82) is 0 Å². The summed E-state index contributed by atoms with van der Waals surface area (Å²) in [4.78, 5) is 19.0. The Labute approximate surface area is 149 Å². The number of carbonyl (C=O) groups excluding carboxylic acids is 1. The van der Waals surface area contributed by atoms with Gasteiger partial charge >= 0.3 is 0 Å². The summed E-state index contributed by atoms with van der Waals surface area (Å²) in [5.74, 6) is -0.436. The first-order valence-electron chi connectivity index (χ1n) is 9.19. The van der Waals surface area contributed by atoms with E-state index in [1.807, 2.05) is 13.8 Å². The van der Waals surface area contributed by atoms with Gasteiger partial charge in [-0.2, -0.15) is 0 Å². The fourth-order valence-electron chi connectivity index (χ4n) is 3.55. The highest BCUT2D eigenvalue weighted by atomic mass is 19.1. The molecule has 2 aliphatic rings. The lowest BCUT2D eigenvalue weighted by Gasteiger charge is -2.37. The van der Waals surface area contributed by atoms with E-state index in [4.69, 9.17) is 4.74 Å². The van der Waals surface area contributed by atoms with Crippen LogP contribution in [0.2, 0.25) is 0 Å². The van der Waals surface area contributed by atoms with Crippen molar-refractivity contribution in [3.8, 4) is 0 Å². The maximum absolute atomic E-state index is 14.7. The summed E-state index contributed by atoms with van der Waals surface area (Å²) in [7, 11) is 0. The van der Waals surface area contributed by atoms with E-state index in [-0.39, 0.29) is 23.9 Å². The summed E-state index contributed by atoms with van der Waals surface area (Å²) in [6.07, 6.45) is 0.0131. The fraction of sp³-hybridized carbons (Fsp3) is 0.632. The predicted octanol–water partition coefficient (Wildman–Crippen LogP) is 2.22. The van der Waals surface area contributed by atoms with Crippen molar-refractivity contribution in [2.45, 2.75) is 32.9 Å². The quantitative estimate of drug-likeness (QED) is 0.838. The minimum atomic E-state index is -0.315. The standard InChI is InChI=1S/C19H28FN3O2/c1-4-21-7-9-22(10-8-21)18-6-5-16(11-17(18)20)19(24)23-12-15(3)25-13-14(23)2/h5-6,11,14-15H,4,7-10,12-13H2,1-3H3. The number of piperazine rings is 1. The van der Waals surface area contributed by atoms with Crippen LogP contribution in [-0.4, -0.2) is 73.7 Å². The van der Waals surface area contributed by atoms with Crippen LogP contribution < -0.4 is 4.90 Å². The molecule has 0 radical (unpaired) electrons. The molecule has 0 spiro atoms. The van der Waals surface area contributed by atoms with E-state index in [0.29, 0.717) is 24.4 Å². The molecule has 2 aliphatic heterocycles. The molecule has 1 amide bonds. The Morgan fingerprint density at radius 1 is 1.24 bits per heavy atom. The second kappa shape index (κ2) is 7.70. The first kappa shape index (κ1) is 18.1. The van der Waals surface area contributed by atoms with Gasteiger partial charge in [0.2, 0.25) is 0 Å². The molecule has 25 heavy (non-hydrogen) atoms. The van der Waals surface area contributed by atoms with Crippen molar-refractivity contribution in [2.75, 3.05) is 50.8 Å². The van der Waals surface area contributed by atoms with E-state index in [9.17, 15) is 9.18 Å². The highest BCUT2D eigenvalue weighted by Crippen LogP contribution is 2.24. The van der Waals surface area contributed by atoms with Gasteiger partial charge in [0, 0.05) is 38.3 Å². The molecule has 2 fully saturated rings. The third kappa shape index (κ3) is 3.96. The minimum absolute atomic E-state index is 0.00793. The van der Waals surface area contributed by atoms with Crippen molar-refractivity contribution in [1.82, 2.24) is 9.80 Å². The molecule has 0 bridgehead atoms. The van der Waals surface area contributed by atoms with Crippen LogP contribution in [-0.2, 0) is 4.74 Å². The van der Waals surface area contributed by atoms with E-state index >= 15 is 0 Å². The van der Waals surface area contributed by atoms with Gasteiger partial charge in [-0.3, -0.25) is 4.79 Å². The van der Waals surface area contributed by atoms with Crippen LogP contribution in [0.25, 0.3) is 0 Å². The molecular weight excluding hydrogens is 321 g/mol. The van der Waals surface area contributed by atoms with E-state index < -0.39 is 0 Å². The maximum Gasteiger partial charge on any atom is 0.254 e. The number of likely N-dealkylation sites (N-methyl/N-ethyl adjacent to an activating group) is 1. The van der Waals surface area contributed by atoms with E-state index in [2.05, 4.69) is 16.7 Å². The van der Waals surface area contributed by atoms with Crippen molar-refractivity contribution < 1.29 is 13.9 Å². The summed E-state index contributed by atoms with van der Waals surface area (Å²) >= 11 is 0. The first-order valence-corrected chi connectivity index (χ1v) is 9.19. The molecule has 2 atom stereocenters. The van der Waals surface area contributed by atoms with E-state index in [0.717, 1.165) is 32.7 Å². The number of anilines is 1. The van der Waals surface area contributed by atoms with Crippen LogP contribution in [0.4, 0.5) is 10.1 Å². The average molecular weight is 349 g/mol. The van der Waals surface area contributed by atoms with Gasteiger partial charge in [0.25, 0.3) is 5.91 Å². The van der Waals surface area contributed by atoms with Crippen LogP contribution in [0.1, 0.15) is 31.1 Å². The SMILES string of the molecule is CCN1CCN(c2ccc(C(=O)N3CC(C)OCC3C)cc2F)CC1. The Morgan fingerprint density at radius 3 is 2.60 bits per heavy atom. The largest absolute Gasteiger partial charge is 0.375 e. The number of rotatable bonds is 3. The number of hydrogen-bond donors (Lipinski definition) is 0. The molecule has 2 heterocycles. The normalized spacial score (nSPS) is 25.3. The lowest BCUT2D eigenvalue weighted by molar-refractivity contribution is -0.0387. The molecule has 1 aromatic rings. The summed E-state index contributed by atoms with van der Waals surface area (Å²) in [5, 5.41) is 0. The molecule has 5 nitrogen and oxygen atoms in total. The number of morpholine rings is 1. The third-order valence-electron chi connectivity index (χ3n) is 5.22. The predicted molar refractivity (Wildman–Crippen MR) is 96.6 cm³/mol. The number of amides is 1. The molecule has 0 aromatic heterocycles. The molecule has 3 rings (SSSR count). The number of carbonyl (C=O) groups is 1. The Balaban J connectivity index is 1.72. The molecule has 138 valence electrons. The number of benzene rings is 1. The Morgan fingerprint density at radius 2 is 1.96 bits per heavy atom. The highest BCUT2D eigenvalue weighted by molar-refractivity contribution is 5.95. The van der Waals surface area contributed by atoms with Crippen molar-refractivity contribution in [2.24, 2.45) is 0 Å². The van der Waals surface area contributed by atoms with Crippen molar-refractivity contribution in [3.05, 3.63) is 29.6 Å². The molecule has 6 heteroatoms. The van der Waals surface area contributed by atoms with E-state index in [1.54, 1.807) is 17.0 Å². The Kier molecular flexibility index (Phi) is 5.59. The van der Waals surface area contributed by atoms with Gasteiger partial charge in [0.15, 0.2) is 0 Å². The van der Waals surface area contributed by atoms with Crippen LogP contribution in [0.5, 0.6) is 0 Å². The molecule has 0 saturated carbocycles. The van der Waals surface area contributed by atoms with Gasteiger partial charge in [-0.05, 0) is 38.6 Å². The van der Waals surface area contributed by atoms with Gasteiger partial charge in [0.1, 0.15) is 5.82 Å². The molecular formula is C19H28FN3O2. The topological polar surface area (TPSA) is 36.0 Å². The van der Waals surface area contributed by atoms with Gasteiger partial charge in [-0.25, -0.2) is 4.39 Å². The van der Waals surface area contributed by atoms with Gasteiger partial charge < -0.3 is 19.4 Å². The van der Waals surface area contributed by atoms with Gasteiger partial charge in [-0.15, -0.1) is 0 Å². The van der Waals surface area contributed by atoms with Crippen molar-refractivity contribution >= 4 is 11.6 Å². The maximum atomic E-state index is 14.7. The number of halogens is 1. The molecule has 2 unspecified atom stereocenters. The summed E-state index contributed by atoms with van der Waals surface area (Å²) in [6.45, 7) is 11.7. The lowest BCUT2D eigenvalue weighted by atomic mass is 10.1. The van der Waals surface area contributed by atoms with Crippen LogP contribution in [0.3, 0.4) is 0 Å². The number of ether oxygens (including phenoxy) is 1. The minimum Gasteiger partial charge on any atom is -0.375 e. The Hall–Kier alpha value is -1.66. The summed E-state index contributed by atoms with van der Waals surface area (Å²) in [6, 6.07) is 4.89. The van der Waals surface area contributed by atoms with Gasteiger partial charge in [0.05, 0.1) is 24.4 Å². The van der Waals surface area contributed by atoms with Crippen LogP contribution >= 0.6 is 0 Å². The van der Waals surface area contributed by atoms with Crippen LogP contribution in [0, 0.1) is 5.82 Å². The number of nitrogens with zero attached hydrogens (tertiary/aromatic N) is 3. The monoisotopic (exact) mass is 349 g/mol. The smallest absolute Gasteiger partial charge is 0.254 e. The second-order valence-electron chi connectivity index (χ2n) is 7.04.